The molecule has 1 aromatic carbocycles. The summed E-state index contributed by atoms with van der Waals surface area (Å²) in [6.07, 6.45) is 6.58. The smallest absolute Gasteiger partial charge is 0.155 e. The third-order valence-electron chi connectivity index (χ3n) is 6.37. The molecule has 1 aromatic rings. The van der Waals surface area contributed by atoms with Crippen LogP contribution in [0, 0.1) is 11.8 Å². The Morgan fingerprint density at radius 2 is 1.57 bits per heavy atom. The number of hydrogen-bond acceptors (Lipinski definition) is 4. The van der Waals surface area contributed by atoms with Gasteiger partial charge in [0.15, 0.2) is 9.84 Å². The van der Waals surface area contributed by atoms with Crippen LogP contribution in [0.5, 0.6) is 5.75 Å². The molecule has 2 rings (SSSR count). The minimum atomic E-state index is -3.09. The lowest BCUT2D eigenvalue weighted by molar-refractivity contribution is -0.124. The van der Waals surface area contributed by atoms with Gasteiger partial charge in [0, 0.05) is 12.3 Å². The van der Waals surface area contributed by atoms with Crippen LogP contribution in [0.1, 0.15) is 84.3 Å². The molecule has 0 aliphatic heterocycles. The van der Waals surface area contributed by atoms with E-state index < -0.39 is 14.6 Å². The Labute approximate surface area is 183 Å². The molecule has 1 fully saturated rings. The normalized spacial score (nSPS) is 20.2. The van der Waals surface area contributed by atoms with Crippen molar-refractivity contribution in [1.29, 1.82) is 0 Å². The molecule has 0 saturated heterocycles. The fraction of sp³-hybridized carbons (Fsp3) is 0.720. The molecule has 170 valence electrons. The van der Waals surface area contributed by atoms with E-state index in [1.165, 1.54) is 11.1 Å². The predicted octanol–water partition coefficient (Wildman–Crippen LogP) is 5.56. The van der Waals surface area contributed by atoms with Gasteiger partial charge in [0.1, 0.15) is 11.5 Å². The average molecular weight is 437 g/mol. The van der Waals surface area contributed by atoms with Gasteiger partial charge in [0.25, 0.3) is 0 Å². The summed E-state index contributed by atoms with van der Waals surface area (Å²) in [4.78, 5) is 12.6. The number of Topliss-reactive ketones (excluding diaryl/α,β-unsaturated/α-hetero) is 1. The van der Waals surface area contributed by atoms with E-state index in [0.717, 1.165) is 50.7 Å². The molecule has 0 bridgehead atoms. The van der Waals surface area contributed by atoms with E-state index in [-0.39, 0.29) is 17.6 Å². The van der Waals surface area contributed by atoms with Gasteiger partial charge in [-0.05, 0) is 94.9 Å². The second-order valence-corrected chi connectivity index (χ2v) is 12.5. The van der Waals surface area contributed by atoms with Crippen molar-refractivity contribution < 1.29 is 17.9 Å². The van der Waals surface area contributed by atoms with Gasteiger partial charge in [0.2, 0.25) is 0 Å². The number of carbonyl (C=O) groups excluding carboxylic acids is 1. The third kappa shape index (κ3) is 7.11. The number of rotatable bonds is 10. The molecule has 1 aliphatic carbocycles. The molecule has 5 heteroatoms. The number of hydrogen-bond donors (Lipinski definition) is 0. The van der Waals surface area contributed by atoms with Crippen molar-refractivity contribution in [2.24, 2.45) is 11.8 Å². The summed E-state index contributed by atoms with van der Waals surface area (Å²) in [6, 6.07) is 6.40. The minimum absolute atomic E-state index is 0.0914. The lowest BCUT2D eigenvalue weighted by atomic mass is 9.80. The van der Waals surface area contributed by atoms with Gasteiger partial charge < -0.3 is 4.74 Å². The van der Waals surface area contributed by atoms with E-state index >= 15 is 0 Å². The summed E-state index contributed by atoms with van der Waals surface area (Å²) in [5, 5.41) is 0. The van der Waals surface area contributed by atoms with Crippen LogP contribution in [0.15, 0.2) is 18.2 Å². The number of carbonyl (C=O) groups is 1. The van der Waals surface area contributed by atoms with Crippen LogP contribution >= 0.6 is 0 Å². The highest BCUT2D eigenvalue weighted by Gasteiger charge is 2.34. The maximum Gasteiger partial charge on any atom is 0.155 e. The van der Waals surface area contributed by atoms with E-state index in [2.05, 4.69) is 32.0 Å². The van der Waals surface area contributed by atoms with Crippen LogP contribution < -0.4 is 4.74 Å². The molecule has 1 aliphatic rings. The second-order valence-electron chi connectivity index (χ2n) is 9.72. The summed E-state index contributed by atoms with van der Waals surface area (Å²) in [6.45, 7) is 10.1. The van der Waals surface area contributed by atoms with E-state index in [9.17, 15) is 13.2 Å². The Balaban J connectivity index is 1.73. The summed E-state index contributed by atoms with van der Waals surface area (Å²) in [7, 11) is -3.09. The fourth-order valence-corrected chi connectivity index (χ4v) is 5.53. The van der Waals surface area contributed by atoms with E-state index in [0.29, 0.717) is 18.8 Å². The van der Waals surface area contributed by atoms with Gasteiger partial charge in [-0.25, -0.2) is 8.42 Å². The van der Waals surface area contributed by atoms with Gasteiger partial charge in [0.05, 0.1) is 17.1 Å². The highest BCUT2D eigenvalue weighted by atomic mass is 32.2. The number of ether oxygens (including phenoxy) is 1. The highest BCUT2D eigenvalue weighted by Crippen LogP contribution is 2.33. The monoisotopic (exact) mass is 436 g/mol. The molecule has 0 unspecified atom stereocenters. The molecular formula is C25H40O4S. The molecule has 4 nitrogen and oxygen atoms in total. The van der Waals surface area contributed by atoms with Crippen molar-refractivity contribution in [2.75, 3.05) is 12.4 Å². The molecule has 0 spiro atoms. The quantitative estimate of drug-likeness (QED) is 0.451. The van der Waals surface area contributed by atoms with Crippen molar-refractivity contribution in [2.45, 2.75) is 90.7 Å². The number of aryl methyl sites for hydroxylation is 2. The van der Waals surface area contributed by atoms with Gasteiger partial charge in [-0.2, -0.15) is 0 Å². The topological polar surface area (TPSA) is 60.4 Å². The summed E-state index contributed by atoms with van der Waals surface area (Å²) in [5.74, 6) is 1.75. The van der Waals surface area contributed by atoms with Gasteiger partial charge in [-0.15, -0.1) is 0 Å². The van der Waals surface area contributed by atoms with Crippen molar-refractivity contribution in [3.8, 4) is 5.75 Å². The van der Waals surface area contributed by atoms with Gasteiger partial charge in [-0.3, -0.25) is 4.79 Å². The lowest BCUT2D eigenvalue weighted by Gasteiger charge is -2.30. The lowest BCUT2D eigenvalue weighted by Crippen LogP contribution is -2.35. The Morgan fingerprint density at radius 3 is 2.07 bits per heavy atom. The van der Waals surface area contributed by atoms with Crippen molar-refractivity contribution in [1.82, 2.24) is 0 Å². The van der Waals surface area contributed by atoms with Crippen LogP contribution in [-0.4, -0.2) is 31.3 Å². The summed E-state index contributed by atoms with van der Waals surface area (Å²) in [5.41, 5.74) is 2.57. The van der Waals surface area contributed by atoms with Gasteiger partial charge >= 0.3 is 0 Å². The SMILES string of the molecule is CCc1cc(CC)cc(OCCCC(=O)C2CCC(CS(=O)(=O)C(C)(C)C)CC2)c1. The largest absolute Gasteiger partial charge is 0.494 e. The maximum atomic E-state index is 12.6. The van der Waals surface area contributed by atoms with Crippen LogP contribution in [0.3, 0.4) is 0 Å². The van der Waals surface area contributed by atoms with Crippen LogP contribution in [-0.2, 0) is 27.5 Å². The number of benzene rings is 1. The molecule has 0 N–H and O–H groups in total. The molecule has 30 heavy (non-hydrogen) atoms. The maximum absolute atomic E-state index is 12.6. The molecule has 0 atom stereocenters. The van der Waals surface area contributed by atoms with E-state index in [1.807, 2.05) is 0 Å². The number of sulfone groups is 1. The first-order valence-electron chi connectivity index (χ1n) is 11.6. The zero-order chi connectivity index (χ0) is 22.4. The predicted molar refractivity (Wildman–Crippen MR) is 124 cm³/mol. The first-order chi connectivity index (χ1) is 14.1. The van der Waals surface area contributed by atoms with Crippen LogP contribution in [0.25, 0.3) is 0 Å². The molecule has 0 heterocycles. The van der Waals surface area contributed by atoms with E-state index in [4.69, 9.17) is 4.74 Å². The van der Waals surface area contributed by atoms with Crippen LogP contribution in [0.2, 0.25) is 0 Å². The molecular weight excluding hydrogens is 396 g/mol. The third-order valence-corrected chi connectivity index (χ3v) is 9.15. The van der Waals surface area contributed by atoms with Crippen molar-refractivity contribution >= 4 is 15.6 Å². The molecule has 1 saturated carbocycles. The summed E-state index contributed by atoms with van der Waals surface area (Å²) >= 11 is 0. The molecule has 0 amide bonds. The Hall–Kier alpha value is -1.36. The highest BCUT2D eigenvalue weighted by molar-refractivity contribution is 7.92. The van der Waals surface area contributed by atoms with Crippen LogP contribution in [0.4, 0.5) is 0 Å². The molecule has 0 aromatic heterocycles. The number of ketones is 1. The Bertz CT molecular complexity index is 775. The van der Waals surface area contributed by atoms with E-state index in [1.54, 1.807) is 20.8 Å². The second kappa shape index (κ2) is 10.8. The van der Waals surface area contributed by atoms with Gasteiger partial charge in [-0.1, -0.05) is 19.9 Å². The van der Waals surface area contributed by atoms with Crippen molar-refractivity contribution in [3.63, 3.8) is 0 Å². The first-order valence-corrected chi connectivity index (χ1v) is 13.2. The molecule has 0 radical (unpaired) electrons. The Morgan fingerprint density at radius 1 is 1.00 bits per heavy atom. The zero-order valence-corrected chi connectivity index (χ0v) is 20.3. The fourth-order valence-electron chi connectivity index (χ4n) is 4.07. The Kier molecular flexibility index (Phi) is 8.96. The summed E-state index contributed by atoms with van der Waals surface area (Å²) < 4.78 is 30.1. The minimum Gasteiger partial charge on any atom is -0.494 e. The average Bonchev–Trinajstić information content (AvgIpc) is 2.70. The van der Waals surface area contributed by atoms with Crippen molar-refractivity contribution in [3.05, 3.63) is 29.3 Å². The zero-order valence-electron chi connectivity index (χ0n) is 19.5. The standard InChI is InChI=1S/C25H40O4S/c1-6-19-15-20(7-2)17-23(16-19)29-14-8-9-24(26)22-12-10-21(11-13-22)18-30(27,28)25(3,4)5/h15-17,21-22H,6-14,18H2,1-5H3. The first kappa shape index (κ1) is 24.9.